The average Bonchev–Trinajstić information content (AvgIpc) is 3.28. The van der Waals surface area contributed by atoms with Crippen LogP contribution in [0.4, 0.5) is 4.79 Å². The maximum absolute atomic E-state index is 13.9. The average molecular weight is 492 g/mol. The zero-order valence-corrected chi connectivity index (χ0v) is 20.1. The number of imide groups is 1. The summed E-state index contributed by atoms with van der Waals surface area (Å²) in [7, 11) is 3.05. The van der Waals surface area contributed by atoms with Crippen LogP contribution in [0.2, 0.25) is 0 Å². The van der Waals surface area contributed by atoms with Crippen molar-refractivity contribution >= 4 is 12.0 Å². The third-order valence-corrected chi connectivity index (χ3v) is 6.39. The predicted octanol–water partition coefficient (Wildman–Crippen LogP) is 3.68. The quantitative estimate of drug-likeness (QED) is 0.470. The van der Waals surface area contributed by atoms with E-state index in [-0.39, 0.29) is 6.61 Å². The van der Waals surface area contributed by atoms with Crippen LogP contribution < -0.4 is 9.47 Å². The number of methoxy groups -OCH3 is 2. The monoisotopic (exact) mass is 491 g/mol. The number of ether oxygens (including phenoxy) is 3. The summed E-state index contributed by atoms with van der Waals surface area (Å²) in [6.07, 6.45) is -3.23. The predicted molar refractivity (Wildman–Crippen MR) is 132 cm³/mol. The molecule has 1 saturated heterocycles. The number of cyclic esters (lactones) is 1. The molecule has 1 aliphatic heterocycles. The van der Waals surface area contributed by atoms with E-state index in [4.69, 9.17) is 14.2 Å². The van der Waals surface area contributed by atoms with Crippen molar-refractivity contribution in [3.8, 4) is 11.5 Å². The van der Waals surface area contributed by atoms with Gasteiger partial charge in [-0.05, 0) is 47.4 Å². The van der Waals surface area contributed by atoms with Gasteiger partial charge < -0.3 is 24.4 Å². The minimum absolute atomic E-state index is 0.0312. The molecule has 3 aromatic carbocycles. The Hall–Kier alpha value is -3.88. The second kappa shape index (κ2) is 11.2. The highest BCUT2D eigenvalue weighted by Gasteiger charge is 2.46. The van der Waals surface area contributed by atoms with Crippen LogP contribution in [0.25, 0.3) is 0 Å². The summed E-state index contributed by atoms with van der Waals surface area (Å²) in [5.41, 5.74) is 1.73. The molecule has 36 heavy (non-hydrogen) atoms. The fourth-order valence-corrected chi connectivity index (χ4v) is 4.39. The van der Waals surface area contributed by atoms with Gasteiger partial charge in [0.05, 0.1) is 38.4 Å². The molecule has 4 rings (SSSR count). The van der Waals surface area contributed by atoms with Gasteiger partial charge in [0.15, 0.2) is 0 Å². The first-order valence-corrected chi connectivity index (χ1v) is 11.6. The molecule has 2 N–H and O–H groups in total. The number of rotatable bonds is 9. The van der Waals surface area contributed by atoms with Gasteiger partial charge in [0.1, 0.15) is 18.1 Å². The van der Waals surface area contributed by atoms with Crippen molar-refractivity contribution in [1.82, 2.24) is 4.90 Å². The van der Waals surface area contributed by atoms with E-state index in [0.29, 0.717) is 29.0 Å². The van der Waals surface area contributed by atoms with Crippen LogP contribution in [0.3, 0.4) is 0 Å². The molecule has 0 radical (unpaired) electrons. The lowest BCUT2D eigenvalue weighted by Gasteiger charge is -2.31. The molecule has 188 valence electrons. The number of amides is 2. The maximum atomic E-state index is 13.9. The van der Waals surface area contributed by atoms with Gasteiger partial charge in [-0.1, -0.05) is 54.6 Å². The molecule has 0 unspecified atom stereocenters. The molecule has 0 bridgehead atoms. The lowest BCUT2D eigenvalue weighted by atomic mass is 9.85. The summed E-state index contributed by atoms with van der Waals surface area (Å²) in [6, 6.07) is 22.0. The smallest absolute Gasteiger partial charge is 0.416 e. The standard InChI is InChI=1S/C28H29NO7/c1-34-22-12-8-19(9-13-22)25(30)24(26(31)20-10-14-23(35-2)15-11-20)27(32)29-21(17-36-28(29)33)16-18-6-4-3-5-7-18/h3-15,21,24-26,30-31H,16-17H2,1-2H3/t21-,25+,26+/m0/s1. The van der Waals surface area contributed by atoms with Crippen molar-refractivity contribution in [3.63, 3.8) is 0 Å². The van der Waals surface area contributed by atoms with E-state index in [1.807, 2.05) is 30.3 Å². The second-order valence-corrected chi connectivity index (χ2v) is 8.59. The molecular weight excluding hydrogens is 462 g/mol. The fourth-order valence-electron chi connectivity index (χ4n) is 4.39. The van der Waals surface area contributed by atoms with Crippen LogP contribution in [-0.4, -0.2) is 54.0 Å². The highest BCUT2D eigenvalue weighted by atomic mass is 16.6. The van der Waals surface area contributed by atoms with Gasteiger partial charge in [-0.25, -0.2) is 9.69 Å². The first-order chi connectivity index (χ1) is 17.4. The molecule has 1 heterocycles. The highest BCUT2D eigenvalue weighted by molar-refractivity contribution is 5.95. The van der Waals surface area contributed by atoms with E-state index < -0.39 is 36.2 Å². The topological polar surface area (TPSA) is 106 Å². The number of nitrogens with zero attached hydrogens (tertiary/aromatic N) is 1. The van der Waals surface area contributed by atoms with Crippen molar-refractivity contribution in [2.45, 2.75) is 24.7 Å². The largest absolute Gasteiger partial charge is 0.497 e. The minimum Gasteiger partial charge on any atom is -0.497 e. The maximum Gasteiger partial charge on any atom is 0.416 e. The van der Waals surface area contributed by atoms with Gasteiger partial charge in [-0.3, -0.25) is 4.79 Å². The van der Waals surface area contributed by atoms with Crippen molar-refractivity contribution in [2.24, 2.45) is 5.92 Å². The van der Waals surface area contributed by atoms with E-state index >= 15 is 0 Å². The molecule has 0 aromatic heterocycles. The van der Waals surface area contributed by atoms with Crippen LogP contribution in [0, 0.1) is 5.92 Å². The number of aliphatic hydroxyl groups is 2. The Morgan fingerprint density at radius 3 is 1.86 bits per heavy atom. The zero-order chi connectivity index (χ0) is 25.7. The van der Waals surface area contributed by atoms with Gasteiger partial charge in [0.25, 0.3) is 0 Å². The molecule has 8 heteroatoms. The summed E-state index contributed by atoms with van der Waals surface area (Å²) < 4.78 is 15.6. The summed E-state index contributed by atoms with van der Waals surface area (Å²) >= 11 is 0. The molecule has 8 nitrogen and oxygen atoms in total. The van der Waals surface area contributed by atoms with Gasteiger partial charge in [0.2, 0.25) is 5.91 Å². The fraction of sp³-hybridized carbons (Fsp3) is 0.286. The summed E-state index contributed by atoms with van der Waals surface area (Å²) in [6.45, 7) is 0.0312. The van der Waals surface area contributed by atoms with E-state index in [0.717, 1.165) is 10.5 Å². The molecule has 0 saturated carbocycles. The molecule has 1 aliphatic rings. The lowest BCUT2D eigenvalue weighted by molar-refractivity contribution is -0.143. The first-order valence-electron chi connectivity index (χ1n) is 11.6. The van der Waals surface area contributed by atoms with Crippen molar-refractivity contribution < 1.29 is 34.0 Å². The van der Waals surface area contributed by atoms with Gasteiger partial charge >= 0.3 is 6.09 Å². The highest BCUT2D eigenvalue weighted by Crippen LogP contribution is 2.37. The number of hydrogen-bond donors (Lipinski definition) is 2. The molecule has 0 aliphatic carbocycles. The normalized spacial score (nSPS) is 17.0. The van der Waals surface area contributed by atoms with Crippen LogP contribution in [-0.2, 0) is 16.0 Å². The van der Waals surface area contributed by atoms with E-state index in [1.54, 1.807) is 48.5 Å². The third kappa shape index (κ3) is 5.35. The molecule has 2 amide bonds. The van der Waals surface area contributed by atoms with Crippen molar-refractivity contribution in [3.05, 3.63) is 95.6 Å². The van der Waals surface area contributed by atoms with Crippen LogP contribution >= 0.6 is 0 Å². The Kier molecular flexibility index (Phi) is 7.87. The molecule has 3 aromatic rings. The Morgan fingerprint density at radius 1 is 0.889 bits per heavy atom. The number of hydrogen-bond acceptors (Lipinski definition) is 7. The molecule has 1 fully saturated rings. The molecular formula is C28H29NO7. The molecule has 3 atom stereocenters. The molecule has 0 spiro atoms. The second-order valence-electron chi connectivity index (χ2n) is 8.59. The van der Waals surface area contributed by atoms with Gasteiger partial charge in [-0.15, -0.1) is 0 Å². The Morgan fingerprint density at radius 2 is 1.39 bits per heavy atom. The van der Waals surface area contributed by atoms with E-state index in [2.05, 4.69) is 0 Å². The summed E-state index contributed by atoms with van der Waals surface area (Å²) in [5.74, 6) is -0.938. The van der Waals surface area contributed by atoms with Crippen molar-refractivity contribution in [1.29, 1.82) is 0 Å². The Labute approximate surface area is 209 Å². The Bertz CT molecular complexity index is 1110. The van der Waals surface area contributed by atoms with Gasteiger partial charge in [-0.2, -0.15) is 0 Å². The third-order valence-electron chi connectivity index (χ3n) is 6.39. The Balaban J connectivity index is 1.68. The number of carbonyl (C=O) groups excluding carboxylic acids is 2. The van der Waals surface area contributed by atoms with E-state index in [1.165, 1.54) is 14.2 Å². The summed E-state index contributed by atoms with van der Waals surface area (Å²) in [4.78, 5) is 27.6. The SMILES string of the molecule is COc1ccc([C@@H](O)C(C(=O)N2C(=O)OC[C@@H]2Cc2ccccc2)[C@H](O)c2ccc(OC)cc2)cc1. The summed E-state index contributed by atoms with van der Waals surface area (Å²) in [5, 5.41) is 22.7. The van der Waals surface area contributed by atoms with Crippen LogP contribution in [0.1, 0.15) is 28.9 Å². The lowest BCUT2D eigenvalue weighted by Crippen LogP contribution is -2.46. The van der Waals surface area contributed by atoms with Crippen LogP contribution in [0.15, 0.2) is 78.9 Å². The zero-order valence-electron chi connectivity index (χ0n) is 20.1. The van der Waals surface area contributed by atoms with Gasteiger partial charge in [0, 0.05) is 0 Å². The number of benzene rings is 3. The number of aliphatic hydroxyl groups excluding tert-OH is 2. The van der Waals surface area contributed by atoms with Crippen LogP contribution in [0.5, 0.6) is 11.5 Å². The number of carbonyl (C=O) groups is 2. The van der Waals surface area contributed by atoms with Crippen molar-refractivity contribution in [2.75, 3.05) is 20.8 Å². The minimum atomic E-state index is -1.41. The first kappa shape index (κ1) is 25.2. The van der Waals surface area contributed by atoms with E-state index in [9.17, 15) is 19.8 Å².